The fourth-order valence-electron chi connectivity index (χ4n) is 3.38. The Hall–Kier alpha value is -0.770. The molecule has 1 heterocycles. The average Bonchev–Trinajstić information content (AvgIpc) is 3.10. The molecule has 0 aromatic carbocycles. The highest BCUT2D eigenvalue weighted by Gasteiger charge is 2.35. The van der Waals surface area contributed by atoms with Gasteiger partial charge in [-0.3, -0.25) is 0 Å². The van der Waals surface area contributed by atoms with Crippen molar-refractivity contribution in [1.82, 2.24) is 10.2 Å². The number of ether oxygens (including phenoxy) is 1. The maximum Gasteiger partial charge on any atom is 0.410 e. The van der Waals surface area contributed by atoms with Gasteiger partial charge in [-0.05, 0) is 59.3 Å². The van der Waals surface area contributed by atoms with Gasteiger partial charge in [0.2, 0.25) is 0 Å². The highest BCUT2D eigenvalue weighted by atomic mass is 16.6. The molecule has 2 aliphatic rings. The van der Waals surface area contributed by atoms with Crippen LogP contribution in [0.1, 0.15) is 73.1 Å². The number of carbonyl (C=O) groups excluding carboxylic acids is 1. The van der Waals surface area contributed by atoms with E-state index in [0.29, 0.717) is 18.1 Å². The van der Waals surface area contributed by atoms with Crippen LogP contribution in [0.2, 0.25) is 0 Å². The predicted molar refractivity (Wildman–Crippen MR) is 90.0 cm³/mol. The van der Waals surface area contributed by atoms with E-state index < -0.39 is 5.60 Å². The lowest BCUT2D eigenvalue weighted by Gasteiger charge is -2.33. The van der Waals surface area contributed by atoms with E-state index in [1.165, 1.54) is 19.3 Å². The fraction of sp³-hybridized carbons (Fsp3) is 0.944. The van der Waals surface area contributed by atoms with Gasteiger partial charge in [0.1, 0.15) is 5.60 Å². The molecule has 0 bridgehead atoms. The first-order valence-corrected chi connectivity index (χ1v) is 9.02. The van der Waals surface area contributed by atoms with Gasteiger partial charge in [0.05, 0.1) is 0 Å². The molecule has 4 nitrogen and oxygen atoms in total. The highest BCUT2D eigenvalue weighted by molar-refractivity contribution is 5.68. The molecule has 1 aliphatic carbocycles. The summed E-state index contributed by atoms with van der Waals surface area (Å²) in [4.78, 5) is 14.5. The minimum absolute atomic E-state index is 0.133. The van der Waals surface area contributed by atoms with Crippen LogP contribution in [-0.2, 0) is 4.74 Å². The van der Waals surface area contributed by atoms with Crippen molar-refractivity contribution >= 4 is 6.09 Å². The summed E-state index contributed by atoms with van der Waals surface area (Å²) in [5.74, 6) is 0.818. The second kappa shape index (κ2) is 7.20. The number of nitrogens with one attached hydrogen (secondary N) is 1. The van der Waals surface area contributed by atoms with Gasteiger partial charge >= 0.3 is 6.09 Å². The Morgan fingerprint density at radius 3 is 2.59 bits per heavy atom. The minimum atomic E-state index is -0.415. The molecule has 0 aromatic heterocycles. The molecule has 0 radical (unpaired) electrons. The van der Waals surface area contributed by atoms with Gasteiger partial charge < -0.3 is 15.0 Å². The number of nitrogens with zero attached hydrogens (tertiary/aromatic N) is 1. The summed E-state index contributed by atoms with van der Waals surface area (Å²) < 4.78 is 5.62. The van der Waals surface area contributed by atoms with E-state index in [0.717, 1.165) is 31.7 Å². The first-order valence-electron chi connectivity index (χ1n) is 9.02. The van der Waals surface area contributed by atoms with Crippen LogP contribution in [0.3, 0.4) is 0 Å². The third kappa shape index (κ3) is 5.45. The molecule has 1 N–H and O–H groups in total. The molecule has 128 valence electrons. The molecule has 1 amide bonds. The summed E-state index contributed by atoms with van der Waals surface area (Å²) in [6, 6.07) is 1.47. The number of carbonyl (C=O) groups is 1. The standard InChI is InChI=1S/C18H34N2O2/c1-13-11-16(13)19-14(2)12-15-9-7-6-8-10-20(15)17(21)22-18(3,4)5/h13-16,19H,6-12H2,1-5H3. The molecule has 4 atom stereocenters. The number of likely N-dealkylation sites (tertiary alicyclic amines) is 1. The topological polar surface area (TPSA) is 41.6 Å². The largest absolute Gasteiger partial charge is 0.444 e. The zero-order valence-electron chi connectivity index (χ0n) is 15.0. The van der Waals surface area contributed by atoms with Crippen LogP contribution in [0.15, 0.2) is 0 Å². The van der Waals surface area contributed by atoms with Gasteiger partial charge in [-0.25, -0.2) is 4.79 Å². The van der Waals surface area contributed by atoms with E-state index in [9.17, 15) is 4.79 Å². The van der Waals surface area contributed by atoms with E-state index in [2.05, 4.69) is 19.2 Å². The molecule has 2 rings (SSSR count). The lowest BCUT2D eigenvalue weighted by molar-refractivity contribution is 0.0150. The van der Waals surface area contributed by atoms with Crippen molar-refractivity contribution in [2.45, 2.75) is 96.9 Å². The summed E-state index contributed by atoms with van der Waals surface area (Å²) >= 11 is 0. The van der Waals surface area contributed by atoms with Crippen LogP contribution in [0.25, 0.3) is 0 Å². The summed E-state index contributed by atoms with van der Waals surface area (Å²) in [7, 11) is 0. The lowest BCUT2D eigenvalue weighted by Crippen LogP contribution is -2.46. The summed E-state index contributed by atoms with van der Waals surface area (Å²) in [6.07, 6.45) is 6.83. The highest BCUT2D eigenvalue weighted by Crippen LogP contribution is 2.30. The quantitative estimate of drug-likeness (QED) is 0.855. The first-order chi connectivity index (χ1) is 10.3. The van der Waals surface area contributed by atoms with Crippen molar-refractivity contribution in [3.63, 3.8) is 0 Å². The number of rotatable bonds is 4. The normalized spacial score (nSPS) is 30.6. The average molecular weight is 310 g/mol. The molecule has 4 unspecified atom stereocenters. The third-order valence-corrected chi connectivity index (χ3v) is 4.74. The lowest BCUT2D eigenvalue weighted by atomic mass is 10.0. The van der Waals surface area contributed by atoms with Crippen molar-refractivity contribution in [1.29, 1.82) is 0 Å². The number of amides is 1. The zero-order valence-corrected chi connectivity index (χ0v) is 15.0. The number of hydrogen-bond acceptors (Lipinski definition) is 3. The van der Waals surface area contributed by atoms with E-state index in [1.54, 1.807) is 0 Å². The van der Waals surface area contributed by atoms with Gasteiger partial charge in [-0.1, -0.05) is 19.8 Å². The van der Waals surface area contributed by atoms with Crippen molar-refractivity contribution in [3.05, 3.63) is 0 Å². The molecule has 2 fully saturated rings. The molecule has 1 aliphatic heterocycles. The second-order valence-electron chi connectivity index (χ2n) is 8.30. The molecular formula is C18H34N2O2. The predicted octanol–water partition coefficient (Wildman–Crippen LogP) is 3.94. The maximum absolute atomic E-state index is 12.5. The Labute approximate surface area is 136 Å². The van der Waals surface area contributed by atoms with Crippen molar-refractivity contribution in [3.8, 4) is 0 Å². The molecular weight excluding hydrogens is 276 g/mol. The third-order valence-electron chi connectivity index (χ3n) is 4.74. The zero-order chi connectivity index (χ0) is 16.3. The first kappa shape index (κ1) is 17.6. The van der Waals surface area contributed by atoms with Gasteiger partial charge in [-0.15, -0.1) is 0 Å². The Balaban J connectivity index is 1.92. The van der Waals surface area contributed by atoms with Gasteiger partial charge in [0.25, 0.3) is 0 Å². The number of hydrogen-bond donors (Lipinski definition) is 1. The van der Waals surface area contributed by atoms with Crippen LogP contribution >= 0.6 is 0 Å². The van der Waals surface area contributed by atoms with Crippen LogP contribution < -0.4 is 5.32 Å². The molecule has 0 spiro atoms. The molecule has 1 saturated heterocycles. The summed E-state index contributed by atoms with van der Waals surface area (Å²) in [5, 5.41) is 3.70. The van der Waals surface area contributed by atoms with E-state index in [4.69, 9.17) is 4.74 Å². The van der Waals surface area contributed by atoms with E-state index in [1.807, 2.05) is 25.7 Å². The maximum atomic E-state index is 12.5. The SMILES string of the molecule is CC(CC1CCCCCN1C(=O)OC(C)(C)C)NC1CC1C. The fourth-order valence-corrected chi connectivity index (χ4v) is 3.38. The molecule has 22 heavy (non-hydrogen) atoms. The van der Waals surface area contributed by atoms with Crippen LogP contribution in [0, 0.1) is 5.92 Å². The van der Waals surface area contributed by atoms with Crippen LogP contribution in [-0.4, -0.2) is 41.3 Å². The Morgan fingerprint density at radius 1 is 1.32 bits per heavy atom. The molecule has 0 aromatic rings. The second-order valence-corrected chi connectivity index (χ2v) is 8.30. The van der Waals surface area contributed by atoms with Gasteiger partial charge in [-0.2, -0.15) is 0 Å². The smallest absolute Gasteiger partial charge is 0.410 e. The summed E-state index contributed by atoms with van der Waals surface area (Å²) in [5.41, 5.74) is -0.415. The Kier molecular flexibility index (Phi) is 5.76. The van der Waals surface area contributed by atoms with E-state index >= 15 is 0 Å². The summed E-state index contributed by atoms with van der Waals surface area (Å²) in [6.45, 7) is 11.2. The van der Waals surface area contributed by atoms with Crippen LogP contribution in [0.4, 0.5) is 4.79 Å². The van der Waals surface area contributed by atoms with Crippen molar-refractivity contribution in [2.75, 3.05) is 6.54 Å². The van der Waals surface area contributed by atoms with Crippen LogP contribution in [0.5, 0.6) is 0 Å². The van der Waals surface area contributed by atoms with Gasteiger partial charge in [0, 0.05) is 24.7 Å². The van der Waals surface area contributed by atoms with E-state index in [-0.39, 0.29) is 6.09 Å². The molecule has 4 heteroatoms. The van der Waals surface area contributed by atoms with Crippen molar-refractivity contribution in [2.24, 2.45) is 5.92 Å². The van der Waals surface area contributed by atoms with Crippen molar-refractivity contribution < 1.29 is 9.53 Å². The Morgan fingerprint density at radius 2 is 2.00 bits per heavy atom. The Bertz CT molecular complexity index is 378. The minimum Gasteiger partial charge on any atom is -0.444 e. The van der Waals surface area contributed by atoms with Gasteiger partial charge in [0.15, 0.2) is 0 Å². The molecule has 1 saturated carbocycles. The monoisotopic (exact) mass is 310 g/mol.